The number of rotatable bonds is 7. The van der Waals surface area contributed by atoms with Crippen molar-refractivity contribution in [3.8, 4) is 0 Å². The van der Waals surface area contributed by atoms with Gasteiger partial charge in [-0.3, -0.25) is 4.52 Å². The molecule has 0 aliphatic heterocycles. The number of phosphoric ester groups is 1. The topological polar surface area (TPSA) is 66.8 Å². The molecule has 0 amide bonds. The van der Waals surface area contributed by atoms with Gasteiger partial charge in [-0.05, 0) is 110 Å². The zero-order chi connectivity index (χ0) is 23.3. The Hall–Kier alpha value is 0.110. The second kappa shape index (κ2) is 9.29. The lowest BCUT2D eigenvalue weighted by Crippen LogP contribution is -2.54. The zero-order valence-corrected chi connectivity index (χ0v) is 22.2. The standard InChI is InChI=1S/C27H49O4P/c1-18(2)7-6-8-19(3)23-11-12-24-22-10-9-20-17-21(31-32(28,29)30)13-15-26(20,4)25(22)14-16-27(23,24)5/h18-25H,6-17H2,1-5H3,(H2,28,29,30). The molecule has 32 heavy (non-hydrogen) atoms. The van der Waals surface area contributed by atoms with E-state index in [1.54, 1.807) is 0 Å². The molecule has 0 saturated heterocycles. The van der Waals surface area contributed by atoms with Crippen molar-refractivity contribution in [1.82, 2.24) is 0 Å². The van der Waals surface area contributed by atoms with E-state index in [1.165, 1.54) is 57.8 Å². The monoisotopic (exact) mass is 468 g/mol. The summed E-state index contributed by atoms with van der Waals surface area (Å²) in [5, 5.41) is 0. The zero-order valence-electron chi connectivity index (χ0n) is 21.3. The lowest BCUT2D eigenvalue weighted by molar-refractivity contribution is -0.128. The Bertz CT molecular complexity index is 704. The van der Waals surface area contributed by atoms with Crippen molar-refractivity contribution >= 4 is 7.82 Å². The molecule has 0 aromatic rings. The summed E-state index contributed by atoms with van der Waals surface area (Å²) in [6, 6.07) is 0. The third-order valence-electron chi connectivity index (χ3n) is 11.1. The van der Waals surface area contributed by atoms with Gasteiger partial charge in [0.05, 0.1) is 6.10 Å². The molecule has 4 nitrogen and oxygen atoms in total. The van der Waals surface area contributed by atoms with Gasteiger partial charge in [-0.25, -0.2) is 4.57 Å². The molecule has 0 spiro atoms. The van der Waals surface area contributed by atoms with E-state index in [0.717, 1.165) is 54.8 Å². The summed E-state index contributed by atoms with van der Waals surface area (Å²) in [4.78, 5) is 18.6. The minimum Gasteiger partial charge on any atom is -0.303 e. The second-order valence-electron chi connectivity index (χ2n) is 13.2. The van der Waals surface area contributed by atoms with Gasteiger partial charge in [0.25, 0.3) is 0 Å². The quantitative estimate of drug-likeness (QED) is 0.378. The van der Waals surface area contributed by atoms with Crippen LogP contribution in [0.2, 0.25) is 0 Å². The molecule has 4 saturated carbocycles. The average Bonchev–Trinajstić information content (AvgIpc) is 3.04. The van der Waals surface area contributed by atoms with Gasteiger partial charge in [-0.15, -0.1) is 0 Å². The van der Waals surface area contributed by atoms with Crippen molar-refractivity contribution in [2.75, 3.05) is 0 Å². The molecule has 5 heteroatoms. The minimum atomic E-state index is -4.39. The summed E-state index contributed by atoms with van der Waals surface area (Å²) in [5.41, 5.74) is 0.863. The first-order chi connectivity index (χ1) is 14.9. The smallest absolute Gasteiger partial charge is 0.303 e. The fourth-order valence-corrected chi connectivity index (χ4v) is 10.1. The average molecular weight is 469 g/mol. The lowest BCUT2D eigenvalue weighted by atomic mass is 9.44. The van der Waals surface area contributed by atoms with Gasteiger partial charge in [-0.2, -0.15) is 0 Å². The molecule has 0 radical (unpaired) electrons. The van der Waals surface area contributed by atoms with Gasteiger partial charge in [0.1, 0.15) is 0 Å². The van der Waals surface area contributed by atoms with Crippen LogP contribution in [0, 0.1) is 52.3 Å². The van der Waals surface area contributed by atoms with Gasteiger partial charge in [0.15, 0.2) is 0 Å². The molecule has 0 heterocycles. The molecule has 9 atom stereocenters. The Morgan fingerprint density at radius 2 is 1.59 bits per heavy atom. The van der Waals surface area contributed by atoms with E-state index in [2.05, 4.69) is 34.6 Å². The van der Waals surface area contributed by atoms with Crippen LogP contribution in [0.5, 0.6) is 0 Å². The summed E-state index contributed by atoms with van der Waals surface area (Å²) in [6.07, 6.45) is 14.8. The van der Waals surface area contributed by atoms with Crippen LogP contribution in [0.1, 0.15) is 112 Å². The molecule has 0 aromatic heterocycles. The molecule has 4 aliphatic rings. The van der Waals surface area contributed by atoms with Gasteiger partial charge in [-0.1, -0.05) is 53.9 Å². The van der Waals surface area contributed by atoms with Crippen LogP contribution in [-0.4, -0.2) is 15.9 Å². The molecular weight excluding hydrogens is 419 g/mol. The maximum Gasteiger partial charge on any atom is 0.469 e. The van der Waals surface area contributed by atoms with E-state index in [9.17, 15) is 14.4 Å². The highest BCUT2D eigenvalue weighted by atomic mass is 31.2. The first kappa shape index (κ1) is 25.2. The molecule has 0 aromatic carbocycles. The van der Waals surface area contributed by atoms with Crippen LogP contribution >= 0.6 is 7.82 Å². The highest BCUT2D eigenvalue weighted by molar-refractivity contribution is 7.46. The van der Waals surface area contributed by atoms with Crippen molar-refractivity contribution in [1.29, 1.82) is 0 Å². The van der Waals surface area contributed by atoms with Crippen molar-refractivity contribution in [2.45, 2.75) is 118 Å². The molecule has 4 rings (SSSR count). The molecule has 2 N–H and O–H groups in total. The predicted molar refractivity (Wildman–Crippen MR) is 130 cm³/mol. The maximum absolute atomic E-state index is 11.4. The number of phosphoric acid groups is 1. The van der Waals surface area contributed by atoms with Gasteiger partial charge in [0.2, 0.25) is 0 Å². The first-order valence-electron chi connectivity index (χ1n) is 13.7. The Labute approximate surface area is 196 Å². The molecule has 4 fully saturated rings. The van der Waals surface area contributed by atoms with E-state index in [-0.39, 0.29) is 6.10 Å². The molecular formula is C27H49O4P. The Morgan fingerprint density at radius 1 is 0.906 bits per heavy atom. The highest BCUT2D eigenvalue weighted by Crippen LogP contribution is 2.68. The van der Waals surface area contributed by atoms with Crippen LogP contribution in [-0.2, 0) is 9.09 Å². The molecule has 186 valence electrons. The van der Waals surface area contributed by atoms with E-state index < -0.39 is 7.82 Å². The van der Waals surface area contributed by atoms with E-state index >= 15 is 0 Å². The van der Waals surface area contributed by atoms with Crippen molar-refractivity contribution < 1.29 is 18.9 Å². The Balaban J connectivity index is 1.43. The maximum atomic E-state index is 11.4. The van der Waals surface area contributed by atoms with Crippen molar-refractivity contribution in [2.24, 2.45) is 52.3 Å². The van der Waals surface area contributed by atoms with Gasteiger partial charge < -0.3 is 9.79 Å². The fraction of sp³-hybridized carbons (Fsp3) is 1.00. The summed E-state index contributed by atoms with van der Waals surface area (Å²) >= 11 is 0. The van der Waals surface area contributed by atoms with Gasteiger partial charge in [0, 0.05) is 0 Å². The summed E-state index contributed by atoms with van der Waals surface area (Å²) in [5.74, 6) is 5.69. The lowest BCUT2D eigenvalue weighted by Gasteiger charge is -2.61. The molecule has 9 unspecified atom stereocenters. The predicted octanol–water partition coefficient (Wildman–Crippen LogP) is 7.59. The van der Waals surface area contributed by atoms with Crippen LogP contribution in [0.3, 0.4) is 0 Å². The SMILES string of the molecule is CC(C)CCCC(C)C1CCC2C3CCC4CC(OP(=O)(O)O)CCC4(C)C3CCC12C. The Morgan fingerprint density at radius 3 is 2.28 bits per heavy atom. The van der Waals surface area contributed by atoms with Crippen LogP contribution in [0.15, 0.2) is 0 Å². The fourth-order valence-electron chi connectivity index (χ4n) is 9.53. The van der Waals surface area contributed by atoms with Crippen LogP contribution in [0.25, 0.3) is 0 Å². The highest BCUT2D eigenvalue weighted by Gasteiger charge is 2.60. The first-order valence-corrected chi connectivity index (χ1v) is 15.2. The van der Waals surface area contributed by atoms with Crippen molar-refractivity contribution in [3.63, 3.8) is 0 Å². The molecule has 0 bridgehead atoms. The van der Waals surface area contributed by atoms with Crippen LogP contribution < -0.4 is 0 Å². The molecule has 4 aliphatic carbocycles. The normalized spacial score (nSPS) is 45.2. The Kier molecular flexibility index (Phi) is 7.32. The van der Waals surface area contributed by atoms with E-state index in [1.807, 2.05) is 0 Å². The van der Waals surface area contributed by atoms with E-state index in [0.29, 0.717) is 16.7 Å². The van der Waals surface area contributed by atoms with E-state index in [4.69, 9.17) is 4.52 Å². The summed E-state index contributed by atoms with van der Waals surface area (Å²) in [7, 11) is -4.39. The third kappa shape index (κ3) is 4.77. The summed E-state index contributed by atoms with van der Waals surface area (Å²) < 4.78 is 16.5. The second-order valence-corrected chi connectivity index (χ2v) is 14.4. The van der Waals surface area contributed by atoms with Gasteiger partial charge >= 0.3 is 7.82 Å². The third-order valence-corrected chi connectivity index (χ3v) is 11.7. The van der Waals surface area contributed by atoms with Crippen LogP contribution in [0.4, 0.5) is 0 Å². The van der Waals surface area contributed by atoms with Crippen molar-refractivity contribution in [3.05, 3.63) is 0 Å². The number of fused-ring (bicyclic) bond motifs is 5. The largest absolute Gasteiger partial charge is 0.469 e. The minimum absolute atomic E-state index is 0.262. The number of hydrogen-bond acceptors (Lipinski definition) is 2. The summed E-state index contributed by atoms with van der Waals surface area (Å²) in [6.45, 7) is 12.4. The number of hydrogen-bond donors (Lipinski definition) is 2.